The summed E-state index contributed by atoms with van der Waals surface area (Å²) in [5.74, 6) is -1.76. The first-order chi connectivity index (χ1) is 9.29. The summed E-state index contributed by atoms with van der Waals surface area (Å²) < 4.78 is 43.7. The first-order valence-electron chi connectivity index (χ1n) is 5.73. The van der Waals surface area contributed by atoms with Crippen molar-refractivity contribution in [1.29, 1.82) is 0 Å². The lowest BCUT2D eigenvalue weighted by molar-refractivity contribution is 0.0601. The van der Waals surface area contributed by atoms with Gasteiger partial charge in [0.15, 0.2) is 0 Å². The van der Waals surface area contributed by atoms with Crippen molar-refractivity contribution in [1.82, 2.24) is 0 Å². The lowest BCUT2D eigenvalue weighted by Gasteiger charge is -2.13. The van der Waals surface area contributed by atoms with Crippen LogP contribution in [0.3, 0.4) is 0 Å². The van der Waals surface area contributed by atoms with Gasteiger partial charge < -0.3 is 4.74 Å². The molecule has 1 N–H and O–H groups in total. The van der Waals surface area contributed by atoms with Crippen LogP contribution in [0.15, 0.2) is 18.2 Å². The van der Waals surface area contributed by atoms with E-state index < -0.39 is 21.8 Å². The Hall–Kier alpha value is -1.34. The van der Waals surface area contributed by atoms with Gasteiger partial charge in [0.1, 0.15) is 5.82 Å². The number of benzene rings is 1. The van der Waals surface area contributed by atoms with E-state index in [0.717, 1.165) is 19.2 Å². The van der Waals surface area contributed by atoms with Gasteiger partial charge >= 0.3 is 5.97 Å². The summed E-state index contributed by atoms with van der Waals surface area (Å²) >= 11 is 5.57. The fourth-order valence-corrected chi connectivity index (χ4v) is 3.21. The summed E-state index contributed by atoms with van der Waals surface area (Å²) in [6, 6.07) is 3.13. The zero-order valence-corrected chi connectivity index (χ0v) is 12.6. The Balaban J connectivity index is 3.06. The van der Waals surface area contributed by atoms with Crippen molar-refractivity contribution >= 4 is 33.3 Å². The molecule has 0 spiro atoms. The normalized spacial score (nSPS) is 12.8. The number of esters is 1. The second-order valence-electron chi connectivity index (χ2n) is 4.32. The fraction of sp³-hybridized carbons (Fsp3) is 0.417. The standard InChI is InChI=1S/C12H15ClFNO4S/c1-8(6-13)7-20(17,18)15-11-4-3-9(14)5-10(11)12(16)19-2/h3-5,8,15H,6-7H2,1-2H3. The number of nitrogens with one attached hydrogen (secondary N) is 1. The largest absolute Gasteiger partial charge is 0.465 e. The molecule has 0 bridgehead atoms. The van der Waals surface area contributed by atoms with Gasteiger partial charge in [0, 0.05) is 5.88 Å². The van der Waals surface area contributed by atoms with Gasteiger partial charge in [-0.1, -0.05) is 6.92 Å². The molecule has 1 unspecified atom stereocenters. The minimum Gasteiger partial charge on any atom is -0.465 e. The van der Waals surface area contributed by atoms with Gasteiger partial charge in [-0.2, -0.15) is 0 Å². The Bertz CT molecular complexity index is 591. The second-order valence-corrected chi connectivity index (χ2v) is 6.40. The second kappa shape index (κ2) is 6.90. The molecule has 0 amide bonds. The van der Waals surface area contributed by atoms with Crippen LogP contribution < -0.4 is 4.72 Å². The fourth-order valence-electron chi connectivity index (χ4n) is 1.51. The molecule has 0 saturated carbocycles. The molecule has 0 fully saturated rings. The van der Waals surface area contributed by atoms with Gasteiger partial charge in [0.05, 0.1) is 24.1 Å². The minimum atomic E-state index is -3.69. The Morgan fingerprint density at radius 1 is 1.50 bits per heavy atom. The number of rotatable bonds is 6. The Kier molecular flexibility index (Phi) is 5.76. The van der Waals surface area contributed by atoms with E-state index in [1.54, 1.807) is 6.92 Å². The molecular weight excluding hydrogens is 309 g/mol. The van der Waals surface area contributed by atoms with Gasteiger partial charge in [0.2, 0.25) is 10.0 Å². The van der Waals surface area contributed by atoms with Gasteiger partial charge in [-0.25, -0.2) is 17.6 Å². The third-order valence-corrected chi connectivity index (χ3v) is 4.49. The molecular formula is C12H15ClFNO4S. The van der Waals surface area contributed by atoms with Crippen LogP contribution in [0.5, 0.6) is 0 Å². The number of ether oxygens (including phenoxy) is 1. The molecule has 1 atom stereocenters. The summed E-state index contributed by atoms with van der Waals surface area (Å²) in [6.07, 6.45) is 0. The molecule has 1 aromatic rings. The van der Waals surface area contributed by atoms with Crippen LogP contribution in [-0.4, -0.2) is 33.1 Å². The van der Waals surface area contributed by atoms with E-state index in [0.29, 0.717) is 0 Å². The maximum Gasteiger partial charge on any atom is 0.340 e. The number of hydrogen-bond acceptors (Lipinski definition) is 4. The third kappa shape index (κ3) is 4.64. The molecule has 8 heteroatoms. The first-order valence-corrected chi connectivity index (χ1v) is 7.92. The van der Waals surface area contributed by atoms with Gasteiger partial charge in [-0.05, 0) is 24.1 Å². The zero-order valence-electron chi connectivity index (χ0n) is 11.0. The monoisotopic (exact) mass is 323 g/mol. The Labute approximate surface area is 122 Å². The van der Waals surface area contributed by atoms with Crippen molar-refractivity contribution < 1.29 is 22.3 Å². The van der Waals surface area contributed by atoms with Gasteiger partial charge in [0.25, 0.3) is 0 Å². The van der Waals surface area contributed by atoms with Gasteiger partial charge in [-0.15, -0.1) is 11.6 Å². The molecule has 0 aliphatic carbocycles. The summed E-state index contributed by atoms with van der Waals surface area (Å²) in [7, 11) is -2.56. The van der Waals surface area contributed by atoms with Crippen molar-refractivity contribution in [2.75, 3.05) is 23.5 Å². The highest BCUT2D eigenvalue weighted by Crippen LogP contribution is 2.20. The molecule has 0 aliphatic rings. The third-order valence-electron chi connectivity index (χ3n) is 2.42. The molecule has 112 valence electrons. The molecule has 0 aromatic heterocycles. The molecule has 1 rings (SSSR count). The van der Waals surface area contributed by atoms with Crippen LogP contribution in [0.1, 0.15) is 17.3 Å². The van der Waals surface area contributed by atoms with E-state index in [1.165, 1.54) is 6.07 Å². The van der Waals surface area contributed by atoms with Crippen LogP contribution >= 0.6 is 11.6 Å². The zero-order chi connectivity index (χ0) is 15.3. The molecule has 1 aromatic carbocycles. The summed E-state index contributed by atoms with van der Waals surface area (Å²) in [5.41, 5.74) is -0.213. The summed E-state index contributed by atoms with van der Waals surface area (Å²) in [5, 5.41) is 0. The van der Waals surface area contributed by atoms with E-state index in [4.69, 9.17) is 11.6 Å². The highest BCUT2D eigenvalue weighted by Gasteiger charge is 2.20. The van der Waals surface area contributed by atoms with Crippen molar-refractivity contribution in [3.05, 3.63) is 29.6 Å². The summed E-state index contributed by atoms with van der Waals surface area (Å²) in [4.78, 5) is 11.5. The number of carbonyl (C=O) groups is 1. The van der Waals surface area contributed by atoms with Crippen LogP contribution in [0.2, 0.25) is 0 Å². The van der Waals surface area contributed by atoms with E-state index in [9.17, 15) is 17.6 Å². The number of sulfonamides is 1. The Morgan fingerprint density at radius 2 is 2.15 bits per heavy atom. The predicted octanol–water partition coefficient (Wildman–Crippen LogP) is 2.23. The average molecular weight is 324 g/mol. The van der Waals surface area contributed by atoms with E-state index in [1.807, 2.05) is 0 Å². The summed E-state index contributed by atoms with van der Waals surface area (Å²) in [6.45, 7) is 1.68. The Morgan fingerprint density at radius 3 is 2.70 bits per heavy atom. The lowest BCUT2D eigenvalue weighted by Crippen LogP contribution is -2.23. The smallest absolute Gasteiger partial charge is 0.340 e. The van der Waals surface area contributed by atoms with Crippen molar-refractivity contribution in [3.63, 3.8) is 0 Å². The van der Waals surface area contributed by atoms with Crippen molar-refractivity contribution in [2.45, 2.75) is 6.92 Å². The number of anilines is 1. The number of hydrogen-bond donors (Lipinski definition) is 1. The molecule has 0 saturated heterocycles. The average Bonchev–Trinajstić information content (AvgIpc) is 2.39. The predicted molar refractivity (Wildman–Crippen MR) is 75.0 cm³/mol. The van der Waals surface area contributed by atoms with Crippen LogP contribution in [0.4, 0.5) is 10.1 Å². The molecule has 0 heterocycles. The van der Waals surface area contributed by atoms with E-state index >= 15 is 0 Å². The van der Waals surface area contributed by atoms with E-state index in [-0.39, 0.29) is 28.8 Å². The number of carbonyl (C=O) groups excluding carboxylic acids is 1. The maximum absolute atomic E-state index is 13.1. The maximum atomic E-state index is 13.1. The lowest BCUT2D eigenvalue weighted by atomic mass is 10.2. The highest BCUT2D eigenvalue weighted by atomic mass is 35.5. The molecule has 20 heavy (non-hydrogen) atoms. The van der Waals surface area contributed by atoms with E-state index in [2.05, 4.69) is 9.46 Å². The number of alkyl halides is 1. The molecule has 5 nitrogen and oxygen atoms in total. The topological polar surface area (TPSA) is 72.5 Å². The quantitative estimate of drug-likeness (QED) is 0.643. The molecule has 0 radical (unpaired) electrons. The molecule has 0 aliphatic heterocycles. The van der Waals surface area contributed by atoms with Crippen molar-refractivity contribution in [3.8, 4) is 0 Å². The van der Waals surface area contributed by atoms with Crippen LogP contribution in [0, 0.1) is 11.7 Å². The number of methoxy groups -OCH3 is 1. The highest BCUT2D eigenvalue weighted by molar-refractivity contribution is 7.92. The SMILES string of the molecule is COC(=O)c1cc(F)ccc1NS(=O)(=O)CC(C)CCl. The van der Waals surface area contributed by atoms with Gasteiger partial charge in [-0.3, -0.25) is 4.72 Å². The van der Waals surface area contributed by atoms with Crippen molar-refractivity contribution in [2.24, 2.45) is 5.92 Å². The number of halogens is 2. The first kappa shape index (κ1) is 16.7. The van der Waals surface area contributed by atoms with Crippen LogP contribution in [-0.2, 0) is 14.8 Å². The minimum absolute atomic E-state index is 0.0278. The van der Waals surface area contributed by atoms with Crippen LogP contribution in [0.25, 0.3) is 0 Å².